The quantitative estimate of drug-likeness (QED) is 0.837. The Hall–Kier alpha value is -1.02. The topological polar surface area (TPSA) is 29.5 Å². The highest BCUT2D eigenvalue weighted by molar-refractivity contribution is 5.40. The van der Waals surface area contributed by atoms with Gasteiger partial charge in [-0.05, 0) is 42.4 Å². The van der Waals surface area contributed by atoms with E-state index in [4.69, 9.17) is 9.84 Å². The molecule has 0 saturated heterocycles. The van der Waals surface area contributed by atoms with Crippen molar-refractivity contribution in [2.24, 2.45) is 0 Å². The summed E-state index contributed by atoms with van der Waals surface area (Å²) in [6, 6.07) is 6.61. The molecule has 1 aliphatic rings. The van der Waals surface area contributed by atoms with Gasteiger partial charge in [-0.3, -0.25) is 0 Å². The van der Waals surface area contributed by atoms with Crippen LogP contribution in [0.1, 0.15) is 62.5 Å². The minimum Gasteiger partial charge on any atom is -0.491 e. The summed E-state index contributed by atoms with van der Waals surface area (Å²) < 4.78 is 5.72. The van der Waals surface area contributed by atoms with Crippen LogP contribution in [0.5, 0.6) is 5.75 Å². The van der Waals surface area contributed by atoms with Gasteiger partial charge >= 0.3 is 0 Å². The Balaban J connectivity index is 2.20. The predicted octanol–water partition coefficient (Wildman–Crippen LogP) is 4.06. The molecule has 1 aromatic rings. The van der Waals surface area contributed by atoms with E-state index >= 15 is 0 Å². The number of ether oxygens (including phenoxy) is 1. The zero-order valence-corrected chi connectivity index (χ0v) is 12.0. The molecule has 0 bridgehead atoms. The van der Waals surface area contributed by atoms with Gasteiger partial charge in [0.25, 0.3) is 0 Å². The molecule has 2 nitrogen and oxygen atoms in total. The number of hydrogen-bond donors (Lipinski definition) is 1. The first kappa shape index (κ1) is 14.4. The first-order valence-electron chi connectivity index (χ1n) is 7.71. The Morgan fingerprint density at radius 3 is 2.68 bits per heavy atom. The van der Waals surface area contributed by atoms with Crippen LogP contribution in [0, 0.1) is 0 Å². The van der Waals surface area contributed by atoms with Crippen molar-refractivity contribution in [1.82, 2.24) is 0 Å². The fraction of sp³-hybridized carbons (Fsp3) is 0.647. The molecule has 0 spiro atoms. The van der Waals surface area contributed by atoms with Crippen LogP contribution in [0.25, 0.3) is 0 Å². The summed E-state index contributed by atoms with van der Waals surface area (Å²) in [7, 11) is 0. The Morgan fingerprint density at radius 2 is 2.00 bits per heavy atom. The van der Waals surface area contributed by atoms with Crippen LogP contribution in [0.2, 0.25) is 0 Å². The number of aliphatic hydroxyl groups excluding tert-OH is 1. The fourth-order valence-corrected chi connectivity index (χ4v) is 3.06. The summed E-state index contributed by atoms with van der Waals surface area (Å²) in [6.45, 7) is 2.70. The number of aryl methyl sites for hydroxylation is 1. The molecular weight excluding hydrogens is 236 g/mol. The molecule has 0 aromatic heterocycles. The molecule has 1 aliphatic carbocycles. The van der Waals surface area contributed by atoms with Gasteiger partial charge in [0.15, 0.2) is 0 Å². The summed E-state index contributed by atoms with van der Waals surface area (Å²) in [4.78, 5) is 0. The van der Waals surface area contributed by atoms with Crippen LogP contribution in [-0.2, 0) is 6.42 Å². The molecule has 2 rings (SSSR count). The SMILES string of the molecule is CCCc1ccc(OCCO)c(C2CCCCC2)c1. The number of benzene rings is 1. The molecule has 0 amide bonds. The second-order valence-electron chi connectivity index (χ2n) is 5.53. The molecule has 1 fully saturated rings. The standard InChI is InChI=1S/C17H26O2/c1-2-6-14-9-10-17(19-12-11-18)16(13-14)15-7-4-3-5-8-15/h9-10,13,15,18H,2-8,11-12H2,1H3. The van der Waals surface area contributed by atoms with Gasteiger partial charge < -0.3 is 9.84 Å². The summed E-state index contributed by atoms with van der Waals surface area (Å²) in [5.41, 5.74) is 2.79. The van der Waals surface area contributed by atoms with Crippen molar-refractivity contribution in [2.75, 3.05) is 13.2 Å². The molecule has 0 heterocycles. The molecule has 0 radical (unpaired) electrons. The lowest BCUT2D eigenvalue weighted by molar-refractivity contribution is 0.199. The predicted molar refractivity (Wildman–Crippen MR) is 78.8 cm³/mol. The van der Waals surface area contributed by atoms with Crippen molar-refractivity contribution >= 4 is 0 Å². The van der Waals surface area contributed by atoms with E-state index in [2.05, 4.69) is 25.1 Å². The molecule has 0 atom stereocenters. The van der Waals surface area contributed by atoms with Gasteiger partial charge in [0.05, 0.1) is 6.61 Å². The van der Waals surface area contributed by atoms with Crippen LogP contribution in [0.3, 0.4) is 0 Å². The van der Waals surface area contributed by atoms with E-state index in [1.54, 1.807) is 0 Å². The van der Waals surface area contributed by atoms with Gasteiger partial charge in [0.1, 0.15) is 12.4 Å². The highest BCUT2D eigenvalue weighted by Crippen LogP contribution is 2.38. The largest absolute Gasteiger partial charge is 0.491 e. The van der Waals surface area contributed by atoms with Gasteiger partial charge in [0, 0.05) is 0 Å². The summed E-state index contributed by atoms with van der Waals surface area (Å²) >= 11 is 0. The zero-order valence-electron chi connectivity index (χ0n) is 12.0. The first-order chi connectivity index (χ1) is 9.35. The third kappa shape index (κ3) is 3.97. The monoisotopic (exact) mass is 262 g/mol. The van der Waals surface area contributed by atoms with Crippen LogP contribution >= 0.6 is 0 Å². The Labute approximate surface area is 116 Å². The zero-order chi connectivity index (χ0) is 13.5. The molecular formula is C17H26O2. The van der Waals surface area contributed by atoms with Crippen molar-refractivity contribution in [3.8, 4) is 5.75 Å². The van der Waals surface area contributed by atoms with Crippen molar-refractivity contribution < 1.29 is 9.84 Å². The average Bonchev–Trinajstić information content (AvgIpc) is 2.47. The Morgan fingerprint density at radius 1 is 1.21 bits per heavy atom. The van der Waals surface area contributed by atoms with Crippen LogP contribution in [0.4, 0.5) is 0 Å². The van der Waals surface area contributed by atoms with E-state index in [0.717, 1.165) is 12.2 Å². The van der Waals surface area contributed by atoms with E-state index in [9.17, 15) is 0 Å². The smallest absolute Gasteiger partial charge is 0.122 e. The van der Waals surface area contributed by atoms with Crippen molar-refractivity contribution in [1.29, 1.82) is 0 Å². The van der Waals surface area contributed by atoms with Gasteiger partial charge in [-0.15, -0.1) is 0 Å². The lowest BCUT2D eigenvalue weighted by Crippen LogP contribution is -2.09. The molecule has 1 saturated carbocycles. The normalized spacial score (nSPS) is 16.5. The molecule has 19 heavy (non-hydrogen) atoms. The van der Waals surface area contributed by atoms with E-state index in [1.165, 1.54) is 49.7 Å². The highest BCUT2D eigenvalue weighted by Gasteiger charge is 2.19. The van der Waals surface area contributed by atoms with E-state index in [-0.39, 0.29) is 6.61 Å². The van der Waals surface area contributed by atoms with Crippen LogP contribution in [-0.4, -0.2) is 18.3 Å². The molecule has 1 N–H and O–H groups in total. The molecule has 106 valence electrons. The van der Waals surface area contributed by atoms with E-state index in [0.29, 0.717) is 12.5 Å². The molecule has 1 aromatic carbocycles. The van der Waals surface area contributed by atoms with Gasteiger partial charge in [-0.1, -0.05) is 44.7 Å². The number of aliphatic hydroxyl groups is 1. The van der Waals surface area contributed by atoms with Gasteiger partial charge in [-0.2, -0.15) is 0 Å². The van der Waals surface area contributed by atoms with Gasteiger partial charge in [-0.25, -0.2) is 0 Å². The highest BCUT2D eigenvalue weighted by atomic mass is 16.5. The molecule has 0 unspecified atom stereocenters. The number of hydrogen-bond acceptors (Lipinski definition) is 2. The molecule has 0 aliphatic heterocycles. The minimum absolute atomic E-state index is 0.0841. The maximum atomic E-state index is 8.94. The van der Waals surface area contributed by atoms with E-state index < -0.39 is 0 Å². The minimum atomic E-state index is 0.0841. The van der Waals surface area contributed by atoms with Crippen molar-refractivity contribution in [2.45, 2.75) is 57.8 Å². The first-order valence-corrected chi connectivity index (χ1v) is 7.71. The third-order valence-electron chi connectivity index (χ3n) is 4.01. The fourth-order valence-electron chi connectivity index (χ4n) is 3.06. The van der Waals surface area contributed by atoms with Crippen molar-refractivity contribution in [3.05, 3.63) is 29.3 Å². The third-order valence-corrected chi connectivity index (χ3v) is 4.01. The Bertz CT molecular complexity index is 381. The summed E-state index contributed by atoms with van der Waals surface area (Å²) in [5, 5.41) is 8.94. The lowest BCUT2D eigenvalue weighted by Gasteiger charge is -2.25. The average molecular weight is 262 g/mol. The second kappa shape index (κ2) is 7.54. The van der Waals surface area contributed by atoms with E-state index in [1.807, 2.05) is 0 Å². The maximum Gasteiger partial charge on any atom is 0.122 e. The molecule has 2 heteroatoms. The van der Waals surface area contributed by atoms with Crippen molar-refractivity contribution in [3.63, 3.8) is 0 Å². The van der Waals surface area contributed by atoms with Crippen LogP contribution < -0.4 is 4.74 Å². The lowest BCUT2D eigenvalue weighted by atomic mass is 9.83. The summed E-state index contributed by atoms with van der Waals surface area (Å²) in [6.07, 6.45) is 8.93. The maximum absolute atomic E-state index is 8.94. The van der Waals surface area contributed by atoms with Crippen LogP contribution in [0.15, 0.2) is 18.2 Å². The Kier molecular flexibility index (Phi) is 5.71. The number of rotatable bonds is 6. The summed E-state index contributed by atoms with van der Waals surface area (Å²) in [5.74, 6) is 1.64. The van der Waals surface area contributed by atoms with Gasteiger partial charge in [0.2, 0.25) is 0 Å². The second-order valence-corrected chi connectivity index (χ2v) is 5.53.